The molecule has 0 amide bonds. The highest BCUT2D eigenvalue weighted by Crippen LogP contribution is 2.14. The number of benzene rings is 1. The number of pyridine rings is 1. The van der Waals surface area contributed by atoms with Crippen molar-refractivity contribution in [2.75, 3.05) is 20.1 Å². The van der Waals surface area contributed by atoms with Gasteiger partial charge in [-0.05, 0) is 44.0 Å². The SMILES string of the molecule is CN=C(NCc1cn2c(C)cccc2n1)NC1CCCN(Cc2ccccc2)C1.I. The standard InChI is InChI=1S/C23H30N6.HI/c1-18-8-6-12-22-26-21(17-29(18)22)14-25-23(24-2)27-20-11-7-13-28(16-20)15-19-9-4-3-5-10-19;/h3-6,8-10,12,17,20H,7,11,13-16H2,1-2H3,(H2,24,25,27);1H. The molecule has 30 heavy (non-hydrogen) atoms. The Morgan fingerprint density at radius 2 is 2.00 bits per heavy atom. The lowest BCUT2D eigenvalue weighted by Crippen LogP contribution is -2.50. The smallest absolute Gasteiger partial charge is 0.191 e. The van der Waals surface area contributed by atoms with Crippen LogP contribution in [0.5, 0.6) is 0 Å². The lowest BCUT2D eigenvalue weighted by molar-refractivity contribution is 0.192. The number of halogens is 1. The number of hydrogen-bond acceptors (Lipinski definition) is 3. The zero-order valence-electron chi connectivity index (χ0n) is 17.7. The molecular formula is C23H31IN6. The van der Waals surface area contributed by atoms with Gasteiger partial charge in [0, 0.05) is 38.1 Å². The molecule has 4 rings (SSSR count). The predicted octanol–water partition coefficient (Wildman–Crippen LogP) is 3.59. The number of piperidine rings is 1. The van der Waals surface area contributed by atoms with E-state index in [1.807, 2.05) is 19.2 Å². The number of rotatable bonds is 5. The van der Waals surface area contributed by atoms with Gasteiger partial charge in [0.2, 0.25) is 0 Å². The molecule has 0 radical (unpaired) electrons. The monoisotopic (exact) mass is 518 g/mol. The lowest BCUT2D eigenvalue weighted by Gasteiger charge is -2.33. The maximum absolute atomic E-state index is 4.69. The molecule has 0 aliphatic carbocycles. The van der Waals surface area contributed by atoms with Crippen molar-refractivity contribution in [1.82, 2.24) is 24.9 Å². The first kappa shape index (κ1) is 22.6. The van der Waals surface area contributed by atoms with E-state index >= 15 is 0 Å². The number of aliphatic imine (C=N–C) groups is 1. The summed E-state index contributed by atoms with van der Waals surface area (Å²) in [7, 11) is 1.83. The Bertz CT molecular complexity index is 968. The maximum Gasteiger partial charge on any atom is 0.191 e. The topological polar surface area (TPSA) is 57.0 Å². The Morgan fingerprint density at radius 1 is 1.17 bits per heavy atom. The highest BCUT2D eigenvalue weighted by molar-refractivity contribution is 14.0. The third-order valence-corrected chi connectivity index (χ3v) is 5.50. The van der Waals surface area contributed by atoms with Crippen LogP contribution in [0.1, 0.15) is 29.8 Å². The molecule has 2 aromatic heterocycles. The minimum absolute atomic E-state index is 0. The maximum atomic E-state index is 4.69. The van der Waals surface area contributed by atoms with Gasteiger partial charge in [-0.3, -0.25) is 9.89 Å². The number of aromatic nitrogens is 2. The molecule has 0 saturated carbocycles. The van der Waals surface area contributed by atoms with Crippen LogP contribution in [0.25, 0.3) is 5.65 Å². The number of likely N-dealkylation sites (tertiary alicyclic amines) is 1. The zero-order valence-corrected chi connectivity index (χ0v) is 20.0. The van der Waals surface area contributed by atoms with Crippen molar-refractivity contribution in [2.24, 2.45) is 4.99 Å². The van der Waals surface area contributed by atoms with E-state index in [9.17, 15) is 0 Å². The van der Waals surface area contributed by atoms with E-state index in [1.54, 1.807) is 0 Å². The molecule has 7 heteroatoms. The van der Waals surface area contributed by atoms with Crippen LogP contribution in [0.15, 0.2) is 59.7 Å². The molecule has 1 aliphatic rings. The van der Waals surface area contributed by atoms with Crippen molar-refractivity contribution in [3.8, 4) is 0 Å². The van der Waals surface area contributed by atoms with Crippen LogP contribution in [0, 0.1) is 6.92 Å². The molecule has 0 spiro atoms. The third kappa shape index (κ3) is 5.72. The van der Waals surface area contributed by atoms with Gasteiger partial charge in [0.15, 0.2) is 5.96 Å². The summed E-state index contributed by atoms with van der Waals surface area (Å²) in [4.78, 5) is 11.6. The molecule has 160 valence electrons. The Labute approximate surface area is 195 Å². The van der Waals surface area contributed by atoms with Crippen molar-refractivity contribution < 1.29 is 0 Å². The number of nitrogens with zero attached hydrogens (tertiary/aromatic N) is 4. The first-order valence-corrected chi connectivity index (χ1v) is 10.4. The minimum atomic E-state index is 0. The molecule has 0 bridgehead atoms. The molecule has 1 aliphatic heterocycles. The van der Waals surface area contributed by atoms with Crippen molar-refractivity contribution in [3.05, 3.63) is 71.7 Å². The van der Waals surface area contributed by atoms with Gasteiger partial charge in [-0.25, -0.2) is 4.98 Å². The second-order valence-electron chi connectivity index (χ2n) is 7.76. The molecular weight excluding hydrogens is 487 g/mol. The fraction of sp³-hybridized carbons (Fsp3) is 0.391. The summed E-state index contributed by atoms with van der Waals surface area (Å²) < 4.78 is 2.12. The summed E-state index contributed by atoms with van der Waals surface area (Å²) in [5.41, 5.74) is 4.55. The quantitative estimate of drug-likeness (QED) is 0.308. The zero-order chi connectivity index (χ0) is 20.1. The first-order chi connectivity index (χ1) is 14.2. The third-order valence-electron chi connectivity index (χ3n) is 5.50. The van der Waals surface area contributed by atoms with Crippen LogP contribution in [-0.4, -0.2) is 46.4 Å². The lowest BCUT2D eigenvalue weighted by atomic mass is 10.0. The second-order valence-corrected chi connectivity index (χ2v) is 7.76. The number of aryl methyl sites for hydroxylation is 1. The van der Waals surface area contributed by atoms with E-state index in [1.165, 1.54) is 24.1 Å². The van der Waals surface area contributed by atoms with Crippen LogP contribution in [0.4, 0.5) is 0 Å². The van der Waals surface area contributed by atoms with E-state index in [4.69, 9.17) is 4.98 Å². The minimum Gasteiger partial charge on any atom is -0.352 e. The van der Waals surface area contributed by atoms with Crippen molar-refractivity contribution in [1.29, 1.82) is 0 Å². The predicted molar refractivity (Wildman–Crippen MR) is 133 cm³/mol. The average Bonchev–Trinajstić information content (AvgIpc) is 3.17. The highest BCUT2D eigenvalue weighted by Gasteiger charge is 2.20. The Hall–Kier alpha value is -2.13. The van der Waals surface area contributed by atoms with Crippen molar-refractivity contribution in [3.63, 3.8) is 0 Å². The number of guanidine groups is 1. The summed E-state index contributed by atoms with van der Waals surface area (Å²) in [6.07, 6.45) is 4.46. The molecule has 1 unspecified atom stereocenters. The van der Waals surface area contributed by atoms with E-state index in [0.29, 0.717) is 12.6 Å². The molecule has 2 N–H and O–H groups in total. The van der Waals surface area contributed by atoms with Crippen molar-refractivity contribution >= 4 is 35.6 Å². The van der Waals surface area contributed by atoms with E-state index in [2.05, 4.69) is 74.4 Å². The first-order valence-electron chi connectivity index (χ1n) is 10.4. The fourth-order valence-corrected chi connectivity index (χ4v) is 4.00. The van der Waals surface area contributed by atoms with Gasteiger partial charge in [0.05, 0.1) is 12.2 Å². The normalized spacial score (nSPS) is 17.5. The van der Waals surface area contributed by atoms with E-state index in [-0.39, 0.29) is 24.0 Å². The largest absolute Gasteiger partial charge is 0.352 e. The van der Waals surface area contributed by atoms with E-state index in [0.717, 1.165) is 36.9 Å². The molecule has 3 aromatic rings. The van der Waals surface area contributed by atoms with Crippen LogP contribution >= 0.6 is 24.0 Å². The van der Waals surface area contributed by atoms with Crippen LogP contribution in [0.2, 0.25) is 0 Å². The number of imidazole rings is 1. The summed E-state index contributed by atoms with van der Waals surface area (Å²) in [6, 6.07) is 17.3. The molecule has 3 heterocycles. The molecule has 1 saturated heterocycles. The summed E-state index contributed by atoms with van der Waals surface area (Å²) in [5, 5.41) is 7.02. The van der Waals surface area contributed by atoms with Gasteiger partial charge < -0.3 is 15.0 Å². The highest BCUT2D eigenvalue weighted by atomic mass is 127. The van der Waals surface area contributed by atoms with Crippen molar-refractivity contribution in [2.45, 2.75) is 38.9 Å². The number of nitrogens with one attached hydrogen (secondary N) is 2. The Kier molecular flexibility index (Phi) is 8.09. The number of fused-ring (bicyclic) bond motifs is 1. The van der Waals surface area contributed by atoms with Gasteiger partial charge in [-0.2, -0.15) is 0 Å². The van der Waals surface area contributed by atoms with Crippen LogP contribution in [-0.2, 0) is 13.1 Å². The molecule has 1 fully saturated rings. The number of hydrogen-bond donors (Lipinski definition) is 2. The summed E-state index contributed by atoms with van der Waals surface area (Å²) in [6.45, 7) is 5.94. The fourth-order valence-electron chi connectivity index (χ4n) is 4.00. The second kappa shape index (κ2) is 10.8. The Morgan fingerprint density at radius 3 is 2.77 bits per heavy atom. The van der Waals surface area contributed by atoms with Crippen LogP contribution in [0.3, 0.4) is 0 Å². The van der Waals surface area contributed by atoms with Gasteiger partial charge in [0.1, 0.15) is 5.65 Å². The Balaban J connectivity index is 0.00000256. The van der Waals surface area contributed by atoms with Gasteiger partial charge >= 0.3 is 0 Å². The average molecular weight is 518 g/mol. The van der Waals surface area contributed by atoms with E-state index < -0.39 is 0 Å². The van der Waals surface area contributed by atoms with Gasteiger partial charge in [-0.1, -0.05) is 36.4 Å². The summed E-state index contributed by atoms with van der Waals surface area (Å²) >= 11 is 0. The molecule has 6 nitrogen and oxygen atoms in total. The molecule has 1 aromatic carbocycles. The summed E-state index contributed by atoms with van der Waals surface area (Å²) in [5.74, 6) is 0.838. The van der Waals surface area contributed by atoms with Gasteiger partial charge in [0.25, 0.3) is 0 Å². The molecule has 1 atom stereocenters. The van der Waals surface area contributed by atoms with Gasteiger partial charge in [-0.15, -0.1) is 24.0 Å². The van der Waals surface area contributed by atoms with Crippen LogP contribution < -0.4 is 10.6 Å².